The summed E-state index contributed by atoms with van der Waals surface area (Å²) in [6.07, 6.45) is 2.60. The van der Waals surface area contributed by atoms with Gasteiger partial charge in [0.25, 0.3) is 0 Å². The Kier molecular flexibility index (Phi) is 4.81. The van der Waals surface area contributed by atoms with Crippen LogP contribution in [0.15, 0.2) is 36.5 Å². The molecule has 1 N–H and O–H groups in total. The molecule has 0 amide bonds. The molecule has 0 fully saturated rings. The molecular weight excluding hydrogens is 279 g/mol. The van der Waals surface area contributed by atoms with Crippen molar-refractivity contribution >= 4 is 23.2 Å². The van der Waals surface area contributed by atoms with Gasteiger partial charge in [0.1, 0.15) is 0 Å². The lowest BCUT2D eigenvalue weighted by molar-refractivity contribution is 0.583. The minimum Gasteiger partial charge on any atom is -0.313 e. The predicted molar refractivity (Wildman–Crippen MR) is 80.9 cm³/mol. The van der Waals surface area contributed by atoms with Gasteiger partial charge in [-0.25, -0.2) is 0 Å². The van der Waals surface area contributed by atoms with Crippen LogP contribution in [0.25, 0.3) is 0 Å². The lowest BCUT2D eigenvalue weighted by atomic mass is 10.00. The maximum Gasteiger partial charge on any atom is 0.0454 e. The van der Waals surface area contributed by atoms with Crippen molar-refractivity contribution in [2.24, 2.45) is 0 Å². The zero-order chi connectivity index (χ0) is 13.8. The van der Waals surface area contributed by atoms with Crippen LogP contribution < -0.4 is 5.32 Å². The lowest BCUT2D eigenvalue weighted by Crippen LogP contribution is -2.20. The molecule has 0 aliphatic heterocycles. The van der Waals surface area contributed by atoms with Gasteiger partial charge in [-0.3, -0.25) is 4.98 Å². The van der Waals surface area contributed by atoms with E-state index >= 15 is 0 Å². The summed E-state index contributed by atoms with van der Waals surface area (Å²) in [4.78, 5) is 4.43. The van der Waals surface area contributed by atoms with Gasteiger partial charge < -0.3 is 5.32 Å². The van der Waals surface area contributed by atoms with Gasteiger partial charge in [-0.05, 0) is 49.4 Å². The molecular formula is C15H16Cl2N2. The van der Waals surface area contributed by atoms with Gasteiger partial charge in [-0.15, -0.1) is 0 Å². The van der Waals surface area contributed by atoms with Crippen LogP contribution in [-0.2, 0) is 6.42 Å². The highest BCUT2D eigenvalue weighted by Crippen LogP contribution is 2.28. The second-order valence-electron chi connectivity index (χ2n) is 4.48. The molecule has 0 saturated carbocycles. The van der Waals surface area contributed by atoms with E-state index in [1.165, 1.54) is 5.56 Å². The summed E-state index contributed by atoms with van der Waals surface area (Å²) in [6.45, 7) is 2.06. The number of aryl methyl sites for hydroxylation is 1. The van der Waals surface area contributed by atoms with E-state index in [0.29, 0.717) is 5.02 Å². The van der Waals surface area contributed by atoms with E-state index in [9.17, 15) is 0 Å². The average molecular weight is 295 g/mol. The zero-order valence-corrected chi connectivity index (χ0v) is 12.5. The number of benzene rings is 1. The summed E-state index contributed by atoms with van der Waals surface area (Å²) in [6, 6.07) is 9.64. The third kappa shape index (κ3) is 3.47. The summed E-state index contributed by atoms with van der Waals surface area (Å²) < 4.78 is 0. The zero-order valence-electron chi connectivity index (χ0n) is 11.0. The van der Waals surface area contributed by atoms with Crippen LogP contribution in [0.4, 0.5) is 0 Å². The number of nitrogens with zero attached hydrogens (tertiary/aromatic N) is 1. The van der Waals surface area contributed by atoms with Crippen LogP contribution in [-0.4, -0.2) is 12.0 Å². The largest absolute Gasteiger partial charge is 0.313 e. The third-order valence-corrected chi connectivity index (χ3v) is 3.78. The molecule has 0 spiro atoms. The number of hydrogen-bond acceptors (Lipinski definition) is 2. The number of pyridine rings is 1. The number of likely N-dealkylation sites (N-methyl/N-ethyl adjacent to an activating group) is 1. The number of aromatic nitrogens is 1. The van der Waals surface area contributed by atoms with Crippen molar-refractivity contribution in [2.45, 2.75) is 19.4 Å². The highest BCUT2D eigenvalue weighted by molar-refractivity contribution is 6.33. The molecule has 0 aliphatic rings. The monoisotopic (exact) mass is 294 g/mol. The molecule has 0 bridgehead atoms. The maximum absolute atomic E-state index is 6.26. The molecule has 0 saturated heterocycles. The summed E-state index contributed by atoms with van der Waals surface area (Å²) in [5.74, 6) is 0. The molecule has 0 aliphatic carbocycles. The second-order valence-corrected chi connectivity index (χ2v) is 5.32. The van der Waals surface area contributed by atoms with Crippen LogP contribution in [0.2, 0.25) is 10.0 Å². The van der Waals surface area contributed by atoms with Crippen LogP contribution >= 0.6 is 23.2 Å². The van der Waals surface area contributed by atoms with Crippen LogP contribution in [0.1, 0.15) is 22.9 Å². The molecule has 19 heavy (non-hydrogen) atoms. The summed E-state index contributed by atoms with van der Waals surface area (Å²) >= 11 is 12.3. The Morgan fingerprint density at radius 1 is 1.26 bits per heavy atom. The summed E-state index contributed by atoms with van der Waals surface area (Å²) in [5.41, 5.74) is 3.25. The predicted octanol–water partition coefficient (Wildman–Crippen LogP) is 4.20. The minimum absolute atomic E-state index is 0.0970. The average Bonchev–Trinajstić information content (AvgIpc) is 2.41. The standard InChI is InChI=1S/C15H16Cl2N2/c1-10-4-3-7-19-14(10)9-15(18-2)12-8-11(16)5-6-13(12)17/h3-8,15,18H,9H2,1-2H3. The maximum atomic E-state index is 6.26. The number of nitrogens with one attached hydrogen (secondary N) is 1. The first-order valence-corrected chi connectivity index (χ1v) is 6.90. The molecule has 0 radical (unpaired) electrons. The van der Waals surface area contributed by atoms with Crippen LogP contribution in [0, 0.1) is 6.92 Å². The van der Waals surface area contributed by atoms with Crippen molar-refractivity contribution in [1.29, 1.82) is 0 Å². The molecule has 1 aromatic carbocycles. The highest BCUT2D eigenvalue weighted by atomic mass is 35.5. The smallest absolute Gasteiger partial charge is 0.0454 e. The lowest BCUT2D eigenvalue weighted by Gasteiger charge is -2.19. The molecule has 1 atom stereocenters. The minimum atomic E-state index is 0.0970. The quantitative estimate of drug-likeness (QED) is 0.914. The van der Waals surface area contributed by atoms with E-state index < -0.39 is 0 Å². The normalized spacial score (nSPS) is 12.4. The van der Waals surface area contributed by atoms with Crippen LogP contribution in [0.3, 0.4) is 0 Å². The Morgan fingerprint density at radius 2 is 2.05 bits per heavy atom. The Balaban J connectivity index is 2.30. The second kappa shape index (κ2) is 6.38. The Labute approximate surface area is 123 Å². The van der Waals surface area contributed by atoms with E-state index in [0.717, 1.165) is 22.7 Å². The van der Waals surface area contributed by atoms with Gasteiger partial charge in [-0.1, -0.05) is 29.3 Å². The van der Waals surface area contributed by atoms with Crippen LogP contribution in [0.5, 0.6) is 0 Å². The van der Waals surface area contributed by atoms with E-state index in [4.69, 9.17) is 23.2 Å². The van der Waals surface area contributed by atoms with Crippen molar-refractivity contribution in [3.63, 3.8) is 0 Å². The van der Waals surface area contributed by atoms with Crippen molar-refractivity contribution in [2.75, 3.05) is 7.05 Å². The van der Waals surface area contributed by atoms with E-state index in [2.05, 4.69) is 23.3 Å². The number of hydrogen-bond donors (Lipinski definition) is 1. The summed E-state index contributed by atoms with van der Waals surface area (Å²) in [7, 11) is 1.92. The molecule has 1 unspecified atom stereocenters. The van der Waals surface area contributed by atoms with E-state index in [1.807, 2.05) is 31.4 Å². The van der Waals surface area contributed by atoms with Crippen molar-refractivity contribution in [3.8, 4) is 0 Å². The van der Waals surface area contributed by atoms with Gasteiger partial charge in [-0.2, -0.15) is 0 Å². The van der Waals surface area contributed by atoms with E-state index in [1.54, 1.807) is 6.07 Å². The Bertz CT molecular complexity index is 570. The molecule has 2 rings (SSSR count). The highest BCUT2D eigenvalue weighted by Gasteiger charge is 2.15. The van der Waals surface area contributed by atoms with E-state index in [-0.39, 0.29) is 6.04 Å². The fraction of sp³-hybridized carbons (Fsp3) is 0.267. The molecule has 4 heteroatoms. The molecule has 2 nitrogen and oxygen atoms in total. The first-order chi connectivity index (χ1) is 9.11. The number of rotatable bonds is 4. The fourth-order valence-corrected chi connectivity index (χ4v) is 2.50. The fourth-order valence-electron chi connectivity index (χ4n) is 2.07. The van der Waals surface area contributed by atoms with Crippen molar-refractivity contribution < 1.29 is 0 Å². The first-order valence-electron chi connectivity index (χ1n) is 6.14. The van der Waals surface area contributed by atoms with Gasteiger partial charge >= 0.3 is 0 Å². The number of halogens is 2. The van der Waals surface area contributed by atoms with Crippen molar-refractivity contribution in [3.05, 3.63) is 63.4 Å². The van der Waals surface area contributed by atoms with Gasteiger partial charge in [0, 0.05) is 34.4 Å². The molecule has 2 aromatic rings. The topological polar surface area (TPSA) is 24.9 Å². The summed E-state index contributed by atoms with van der Waals surface area (Å²) in [5, 5.41) is 4.69. The molecule has 100 valence electrons. The SMILES string of the molecule is CNC(Cc1ncccc1C)c1cc(Cl)ccc1Cl. The van der Waals surface area contributed by atoms with Gasteiger partial charge in [0.05, 0.1) is 0 Å². The first kappa shape index (κ1) is 14.3. The molecule has 1 aromatic heterocycles. The Hall–Kier alpha value is -1.09. The molecule has 1 heterocycles. The third-order valence-electron chi connectivity index (χ3n) is 3.20. The van der Waals surface area contributed by atoms with Gasteiger partial charge in [0.2, 0.25) is 0 Å². The van der Waals surface area contributed by atoms with Gasteiger partial charge in [0.15, 0.2) is 0 Å². The van der Waals surface area contributed by atoms with Crippen molar-refractivity contribution in [1.82, 2.24) is 10.3 Å². The Morgan fingerprint density at radius 3 is 2.74 bits per heavy atom.